The number of benzene rings is 11. The van der Waals surface area contributed by atoms with Crippen molar-refractivity contribution >= 4 is 88.8 Å². The van der Waals surface area contributed by atoms with E-state index in [-0.39, 0.29) is 32.5 Å². The van der Waals surface area contributed by atoms with Crippen LogP contribution < -0.4 is 9.80 Å². The number of para-hydroxylation sites is 1. The second-order valence-corrected chi connectivity index (χ2v) is 32.7. The third-order valence-electron chi connectivity index (χ3n) is 20.1. The summed E-state index contributed by atoms with van der Waals surface area (Å²) in [6, 6.07) is 83.7. The summed E-state index contributed by atoms with van der Waals surface area (Å²) >= 11 is 0. The van der Waals surface area contributed by atoms with Crippen molar-refractivity contribution in [1.82, 2.24) is 0 Å². The predicted octanol–water partition coefficient (Wildman–Crippen LogP) is 25.7. The van der Waals surface area contributed by atoms with Crippen LogP contribution >= 0.6 is 0 Å². The zero-order valence-electron chi connectivity index (χ0n) is 58.0. The van der Waals surface area contributed by atoms with Gasteiger partial charge in [-0.1, -0.05) is 252 Å². The number of rotatable bonds is 8. The zero-order chi connectivity index (χ0) is 65.7. The van der Waals surface area contributed by atoms with Crippen LogP contribution in [-0.2, 0) is 37.9 Å². The van der Waals surface area contributed by atoms with Crippen LogP contribution in [0.1, 0.15) is 180 Å². The first-order chi connectivity index (χ1) is 43.9. The van der Waals surface area contributed by atoms with E-state index in [0.29, 0.717) is 0 Å². The minimum absolute atomic E-state index is 0.0379. The van der Waals surface area contributed by atoms with Gasteiger partial charge in [-0.05, 0) is 190 Å². The molecule has 468 valence electrons. The molecule has 11 aromatic carbocycles. The van der Waals surface area contributed by atoms with E-state index in [9.17, 15) is 0 Å². The number of hydrogen-bond donors (Lipinski definition) is 0. The fourth-order valence-corrected chi connectivity index (χ4v) is 14.6. The van der Waals surface area contributed by atoms with Crippen molar-refractivity contribution in [1.29, 1.82) is 0 Å². The molecule has 0 bridgehead atoms. The molecule has 0 aliphatic heterocycles. The standard InChI is InChI=1S/C89H90N2O2/c1-83(2,3)55-27-29-60(30-28-55)89(62-40-50-78-71(52-62)70-51-61(88(16,17)18)39-49-77(70)92-78)72-53-74(90(63-41-31-56(32-42-63)84(4,5)6)64-43-33-57(34-44-64)85(7,8)9)67-23-19-20-24-68(67)79(72)81-73(89)54-75(80-69-25-21-22-26-76(69)93-82(80)81)91(65-45-35-58(36-46-65)86(10,11)12)66-47-37-59(38-48-66)87(13,14)15/h19-54H,1-18H3. The molecule has 2 aromatic heterocycles. The van der Waals surface area contributed by atoms with Gasteiger partial charge in [-0.25, -0.2) is 0 Å². The van der Waals surface area contributed by atoms with Crippen molar-refractivity contribution in [2.75, 3.05) is 9.80 Å². The Balaban J connectivity index is 1.19. The van der Waals surface area contributed by atoms with E-state index in [0.717, 1.165) is 117 Å². The lowest BCUT2D eigenvalue weighted by Gasteiger charge is -2.37. The van der Waals surface area contributed by atoms with Gasteiger partial charge in [0.15, 0.2) is 0 Å². The van der Waals surface area contributed by atoms with Crippen LogP contribution in [0.15, 0.2) is 227 Å². The van der Waals surface area contributed by atoms with E-state index in [2.05, 4.69) is 353 Å². The van der Waals surface area contributed by atoms with Crippen molar-refractivity contribution in [2.45, 2.75) is 163 Å². The largest absolute Gasteiger partial charge is 0.456 e. The Morgan fingerprint density at radius 1 is 0.269 bits per heavy atom. The lowest BCUT2D eigenvalue weighted by atomic mass is 9.66. The van der Waals surface area contributed by atoms with Crippen LogP contribution in [-0.4, -0.2) is 0 Å². The molecule has 0 fully saturated rings. The third-order valence-corrected chi connectivity index (χ3v) is 20.1. The average molecular weight is 1220 g/mol. The van der Waals surface area contributed by atoms with Crippen LogP contribution in [0.5, 0.6) is 0 Å². The first-order valence-electron chi connectivity index (χ1n) is 33.6. The lowest BCUT2D eigenvalue weighted by molar-refractivity contribution is 0.589. The van der Waals surface area contributed by atoms with Gasteiger partial charge in [0.25, 0.3) is 0 Å². The predicted molar refractivity (Wildman–Crippen MR) is 397 cm³/mol. The van der Waals surface area contributed by atoms with E-state index in [1.807, 2.05) is 0 Å². The molecule has 13 aromatic rings. The monoisotopic (exact) mass is 1220 g/mol. The van der Waals surface area contributed by atoms with E-state index < -0.39 is 5.41 Å². The highest BCUT2D eigenvalue weighted by Gasteiger charge is 2.50. The Morgan fingerprint density at radius 2 is 0.613 bits per heavy atom. The molecule has 1 atom stereocenters. The van der Waals surface area contributed by atoms with Gasteiger partial charge in [0.1, 0.15) is 22.3 Å². The van der Waals surface area contributed by atoms with Gasteiger partial charge in [-0.3, -0.25) is 0 Å². The van der Waals surface area contributed by atoms with Crippen molar-refractivity contribution in [3.05, 3.63) is 274 Å². The van der Waals surface area contributed by atoms with Crippen LogP contribution in [0.2, 0.25) is 0 Å². The zero-order valence-corrected chi connectivity index (χ0v) is 58.0. The molecular weight excluding hydrogens is 1130 g/mol. The second kappa shape index (κ2) is 21.5. The van der Waals surface area contributed by atoms with Crippen molar-refractivity contribution < 1.29 is 8.83 Å². The summed E-state index contributed by atoms with van der Waals surface area (Å²) in [5, 5.41) is 6.60. The smallest absolute Gasteiger partial charge is 0.145 e. The molecule has 0 saturated carbocycles. The first-order valence-corrected chi connectivity index (χ1v) is 33.6. The maximum absolute atomic E-state index is 7.72. The third kappa shape index (κ3) is 10.3. The molecule has 0 amide bonds. The normalized spacial score (nSPS) is 14.8. The van der Waals surface area contributed by atoms with E-state index in [4.69, 9.17) is 8.83 Å². The molecular formula is C89H90N2O2. The summed E-state index contributed by atoms with van der Waals surface area (Å²) in [6.45, 7) is 41.4. The highest BCUT2D eigenvalue weighted by Crippen LogP contribution is 2.64. The maximum Gasteiger partial charge on any atom is 0.145 e. The van der Waals surface area contributed by atoms with Crippen LogP contribution in [0.25, 0.3) is 65.8 Å². The van der Waals surface area contributed by atoms with Gasteiger partial charge in [-0.15, -0.1) is 0 Å². The summed E-state index contributed by atoms with van der Waals surface area (Å²) in [5.41, 5.74) is 23.0. The minimum Gasteiger partial charge on any atom is -0.456 e. The molecule has 4 heteroatoms. The fraction of sp³-hybridized carbons (Fsp3) is 0.281. The number of fused-ring (bicyclic) bond motifs is 12. The Morgan fingerprint density at radius 3 is 1.08 bits per heavy atom. The van der Waals surface area contributed by atoms with Crippen LogP contribution in [0.3, 0.4) is 0 Å². The molecule has 0 saturated heterocycles. The van der Waals surface area contributed by atoms with E-state index in [1.54, 1.807) is 0 Å². The highest BCUT2D eigenvalue weighted by atomic mass is 16.3. The lowest BCUT2D eigenvalue weighted by Crippen LogP contribution is -2.29. The van der Waals surface area contributed by atoms with E-state index >= 15 is 0 Å². The van der Waals surface area contributed by atoms with Gasteiger partial charge in [0.2, 0.25) is 0 Å². The van der Waals surface area contributed by atoms with Gasteiger partial charge in [0.05, 0.1) is 22.2 Å². The van der Waals surface area contributed by atoms with E-state index in [1.165, 1.54) is 38.9 Å². The summed E-state index contributed by atoms with van der Waals surface area (Å²) < 4.78 is 14.6. The van der Waals surface area contributed by atoms with Crippen molar-refractivity contribution in [3.63, 3.8) is 0 Å². The van der Waals surface area contributed by atoms with Crippen LogP contribution in [0, 0.1) is 0 Å². The quantitative estimate of drug-likeness (QED) is 0.152. The number of anilines is 6. The fourth-order valence-electron chi connectivity index (χ4n) is 14.6. The van der Waals surface area contributed by atoms with Gasteiger partial charge < -0.3 is 18.6 Å². The number of nitrogens with zero attached hydrogens (tertiary/aromatic N) is 2. The highest BCUT2D eigenvalue weighted by molar-refractivity contribution is 6.23. The molecule has 1 aliphatic carbocycles. The number of hydrogen-bond acceptors (Lipinski definition) is 4. The van der Waals surface area contributed by atoms with Crippen molar-refractivity contribution in [3.8, 4) is 11.1 Å². The summed E-state index contributed by atoms with van der Waals surface area (Å²) in [4.78, 5) is 5.03. The maximum atomic E-state index is 7.72. The molecule has 1 unspecified atom stereocenters. The number of furan rings is 2. The molecule has 4 nitrogen and oxygen atoms in total. The Bertz CT molecular complexity index is 4920. The molecule has 0 N–H and O–H groups in total. The van der Waals surface area contributed by atoms with Crippen LogP contribution in [0.4, 0.5) is 34.1 Å². The molecule has 14 rings (SSSR count). The summed E-state index contributed by atoms with van der Waals surface area (Å²) in [5.74, 6) is 0. The second-order valence-electron chi connectivity index (χ2n) is 32.7. The Kier molecular flexibility index (Phi) is 14.2. The van der Waals surface area contributed by atoms with Crippen molar-refractivity contribution in [2.24, 2.45) is 0 Å². The SMILES string of the molecule is CC(C)(C)c1ccc(N(c2ccc(C(C)(C)C)cc2)c2cc3c(c4ccccc24)-c2c(cc(N(c4ccc(C(C)(C)C)cc4)c4ccc(C(C)(C)C)cc4)c4c2oc2ccccc24)C3(c2ccc(C(C)(C)C)cc2)c2ccc3oc4ccc(C(C)(C)C)cc4c3c2)cc1. The molecule has 0 spiro atoms. The Labute approximate surface area is 551 Å². The van der Waals surface area contributed by atoms with Gasteiger partial charge >= 0.3 is 0 Å². The average Bonchev–Trinajstić information content (AvgIpc) is 1.51. The van der Waals surface area contributed by atoms with Gasteiger partial charge in [0, 0.05) is 49.9 Å². The first kappa shape index (κ1) is 61.4. The van der Waals surface area contributed by atoms with Gasteiger partial charge in [-0.2, -0.15) is 0 Å². The summed E-state index contributed by atoms with van der Waals surface area (Å²) in [6.07, 6.45) is 0. The molecule has 2 heterocycles. The minimum atomic E-state index is -0.989. The summed E-state index contributed by atoms with van der Waals surface area (Å²) in [7, 11) is 0. The molecule has 0 radical (unpaired) electrons. The molecule has 93 heavy (non-hydrogen) atoms. The topological polar surface area (TPSA) is 32.8 Å². The molecule has 1 aliphatic rings. The Hall–Kier alpha value is -9.12.